The van der Waals surface area contributed by atoms with Crippen LogP contribution >= 0.6 is 0 Å². The molecule has 124 valence electrons. The number of carbonyl (C=O) groups is 2. The summed E-state index contributed by atoms with van der Waals surface area (Å²) in [5, 5.41) is 3.17. The molecule has 1 saturated heterocycles. The van der Waals surface area contributed by atoms with Gasteiger partial charge in [-0.05, 0) is 37.2 Å². The maximum Gasteiger partial charge on any atom is 0.225 e. The van der Waals surface area contributed by atoms with Gasteiger partial charge in [0.2, 0.25) is 11.8 Å². The molecule has 0 aromatic heterocycles. The number of carbonyl (C=O) groups excluding carboxylic acids is 2. The Morgan fingerprint density at radius 1 is 1.17 bits per heavy atom. The number of rotatable bonds is 4. The molecule has 1 atom stereocenters. The lowest BCUT2D eigenvalue weighted by Gasteiger charge is -2.27. The Kier molecular flexibility index (Phi) is 4.99. The molecule has 0 radical (unpaired) electrons. The fourth-order valence-corrected chi connectivity index (χ4v) is 3.63. The highest BCUT2D eigenvalue weighted by molar-refractivity contribution is 5.89. The zero-order chi connectivity index (χ0) is 16.2. The van der Waals surface area contributed by atoms with Crippen molar-refractivity contribution in [1.29, 1.82) is 0 Å². The second-order valence-corrected chi connectivity index (χ2v) is 7.13. The third-order valence-corrected chi connectivity index (χ3v) is 5.16. The molecule has 1 heterocycles. The van der Waals surface area contributed by atoms with Crippen molar-refractivity contribution in [2.45, 2.75) is 51.6 Å². The van der Waals surface area contributed by atoms with E-state index >= 15 is 0 Å². The average Bonchev–Trinajstić information content (AvgIpc) is 2.92. The van der Waals surface area contributed by atoms with E-state index in [1.165, 1.54) is 12.8 Å². The minimum Gasteiger partial charge on any atom is -0.353 e. The predicted octanol–water partition coefficient (Wildman–Crippen LogP) is 2.73. The summed E-state index contributed by atoms with van der Waals surface area (Å²) in [5.41, 5.74) is 1.11. The molecule has 1 aromatic rings. The number of nitrogens with one attached hydrogen (secondary N) is 1. The van der Waals surface area contributed by atoms with Crippen LogP contribution in [0.1, 0.15) is 44.6 Å². The minimum absolute atomic E-state index is 0.0634. The number of hydrogen-bond donors (Lipinski definition) is 1. The summed E-state index contributed by atoms with van der Waals surface area (Å²) in [7, 11) is 0. The van der Waals surface area contributed by atoms with Crippen LogP contribution in [0.5, 0.6) is 0 Å². The number of nitrogens with zero attached hydrogens (tertiary/aromatic N) is 1. The molecule has 0 spiro atoms. The molecule has 2 aliphatic rings. The van der Waals surface area contributed by atoms with Gasteiger partial charge >= 0.3 is 0 Å². The van der Waals surface area contributed by atoms with E-state index in [0.717, 1.165) is 24.3 Å². The molecule has 0 bridgehead atoms. The third kappa shape index (κ3) is 4.12. The van der Waals surface area contributed by atoms with E-state index in [4.69, 9.17) is 0 Å². The Labute approximate surface area is 138 Å². The first kappa shape index (κ1) is 16.0. The zero-order valence-corrected chi connectivity index (χ0v) is 13.8. The van der Waals surface area contributed by atoms with Crippen LogP contribution < -0.4 is 5.32 Å². The summed E-state index contributed by atoms with van der Waals surface area (Å²) in [4.78, 5) is 26.4. The molecule has 3 rings (SSSR count). The SMILES string of the molecule is CC1CCC(NC(=O)[C@@H]2CC(=O)N(Cc3ccccc3)C2)CC1. The molecular weight excluding hydrogens is 288 g/mol. The van der Waals surface area contributed by atoms with Crippen molar-refractivity contribution >= 4 is 11.8 Å². The van der Waals surface area contributed by atoms with E-state index in [0.29, 0.717) is 25.6 Å². The smallest absolute Gasteiger partial charge is 0.225 e. The number of amides is 2. The van der Waals surface area contributed by atoms with E-state index in [1.807, 2.05) is 35.2 Å². The predicted molar refractivity (Wildman–Crippen MR) is 89.5 cm³/mol. The Balaban J connectivity index is 1.51. The molecule has 4 heteroatoms. The van der Waals surface area contributed by atoms with Crippen LogP contribution in [-0.4, -0.2) is 29.3 Å². The standard InChI is InChI=1S/C19H26N2O2/c1-14-7-9-17(10-8-14)20-19(23)16-11-18(22)21(13-16)12-15-5-3-2-4-6-15/h2-6,14,16-17H,7-13H2,1H3,(H,20,23)/t14?,16-,17?/m1/s1. The van der Waals surface area contributed by atoms with Crippen LogP contribution in [0.3, 0.4) is 0 Å². The fourth-order valence-electron chi connectivity index (χ4n) is 3.63. The van der Waals surface area contributed by atoms with Crippen molar-refractivity contribution in [2.24, 2.45) is 11.8 Å². The largest absolute Gasteiger partial charge is 0.353 e. The lowest BCUT2D eigenvalue weighted by Crippen LogP contribution is -2.41. The summed E-state index contributed by atoms with van der Waals surface area (Å²) < 4.78 is 0. The van der Waals surface area contributed by atoms with Crippen LogP contribution in [0.4, 0.5) is 0 Å². The second-order valence-electron chi connectivity index (χ2n) is 7.13. The van der Waals surface area contributed by atoms with Crippen molar-refractivity contribution in [1.82, 2.24) is 10.2 Å². The number of benzene rings is 1. The first-order chi connectivity index (χ1) is 11.1. The van der Waals surface area contributed by atoms with Gasteiger partial charge in [0.25, 0.3) is 0 Å². The van der Waals surface area contributed by atoms with Crippen molar-refractivity contribution in [2.75, 3.05) is 6.54 Å². The van der Waals surface area contributed by atoms with Crippen LogP contribution in [0.25, 0.3) is 0 Å². The van der Waals surface area contributed by atoms with Gasteiger partial charge in [-0.2, -0.15) is 0 Å². The van der Waals surface area contributed by atoms with E-state index < -0.39 is 0 Å². The first-order valence-corrected chi connectivity index (χ1v) is 8.74. The number of hydrogen-bond acceptors (Lipinski definition) is 2. The lowest BCUT2D eigenvalue weighted by atomic mass is 9.87. The summed E-state index contributed by atoms with van der Waals surface area (Å²) in [6, 6.07) is 10.3. The molecule has 4 nitrogen and oxygen atoms in total. The molecule has 0 unspecified atom stereocenters. The first-order valence-electron chi connectivity index (χ1n) is 8.74. The minimum atomic E-state index is -0.189. The molecule has 1 aromatic carbocycles. The summed E-state index contributed by atoms with van der Waals surface area (Å²) in [5.74, 6) is 0.739. The van der Waals surface area contributed by atoms with Gasteiger partial charge in [-0.1, -0.05) is 37.3 Å². The average molecular weight is 314 g/mol. The molecule has 1 N–H and O–H groups in total. The highest BCUT2D eigenvalue weighted by Gasteiger charge is 2.35. The van der Waals surface area contributed by atoms with Gasteiger partial charge in [-0.25, -0.2) is 0 Å². The lowest BCUT2D eigenvalue weighted by molar-refractivity contribution is -0.129. The molecule has 23 heavy (non-hydrogen) atoms. The van der Waals surface area contributed by atoms with Gasteiger partial charge in [0, 0.05) is 25.6 Å². The third-order valence-electron chi connectivity index (χ3n) is 5.16. The summed E-state index contributed by atoms with van der Waals surface area (Å²) in [6.07, 6.45) is 4.87. The second kappa shape index (κ2) is 7.16. The maximum absolute atomic E-state index is 12.4. The fraction of sp³-hybridized carbons (Fsp3) is 0.579. The molecular formula is C19H26N2O2. The van der Waals surface area contributed by atoms with Crippen LogP contribution in [0.15, 0.2) is 30.3 Å². The Morgan fingerprint density at radius 3 is 2.57 bits per heavy atom. The van der Waals surface area contributed by atoms with Gasteiger partial charge in [0.1, 0.15) is 0 Å². The van der Waals surface area contributed by atoms with Gasteiger partial charge in [-0.3, -0.25) is 9.59 Å². The molecule has 1 saturated carbocycles. The topological polar surface area (TPSA) is 49.4 Å². The molecule has 2 fully saturated rings. The van der Waals surface area contributed by atoms with Crippen LogP contribution in [0.2, 0.25) is 0 Å². The van der Waals surface area contributed by atoms with Crippen LogP contribution in [0, 0.1) is 11.8 Å². The normalized spacial score (nSPS) is 28.0. The summed E-state index contributed by atoms with van der Waals surface area (Å²) in [6.45, 7) is 3.42. The zero-order valence-electron chi connectivity index (χ0n) is 13.8. The van der Waals surface area contributed by atoms with Gasteiger partial charge in [0.15, 0.2) is 0 Å². The quantitative estimate of drug-likeness (QED) is 0.929. The van der Waals surface area contributed by atoms with Crippen LogP contribution in [-0.2, 0) is 16.1 Å². The monoisotopic (exact) mass is 314 g/mol. The molecule has 2 amide bonds. The summed E-state index contributed by atoms with van der Waals surface area (Å²) >= 11 is 0. The van der Waals surface area contributed by atoms with E-state index in [2.05, 4.69) is 12.2 Å². The van der Waals surface area contributed by atoms with Crippen molar-refractivity contribution in [3.05, 3.63) is 35.9 Å². The van der Waals surface area contributed by atoms with Gasteiger partial charge in [0.05, 0.1) is 5.92 Å². The molecule has 1 aliphatic heterocycles. The van der Waals surface area contributed by atoms with Crippen molar-refractivity contribution < 1.29 is 9.59 Å². The van der Waals surface area contributed by atoms with Gasteiger partial charge in [-0.15, -0.1) is 0 Å². The van der Waals surface area contributed by atoms with Crippen molar-refractivity contribution in [3.63, 3.8) is 0 Å². The maximum atomic E-state index is 12.4. The Bertz CT molecular complexity index is 550. The Hall–Kier alpha value is -1.84. The van der Waals surface area contributed by atoms with E-state index in [-0.39, 0.29) is 17.7 Å². The Morgan fingerprint density at radius 2 is 1.87 bits per heavy atom. The van der Waals surface area contributed by atoms with E-state index in [9.17, 15) is 9.59 Å². The number of likely N-dealkylation sites (tertiary alicyclic amines) is 1. The van der Waals surface area contributed by atoms with Gasteiger partial charge < -0.3 is 10.2 Å². The van der Waals surface area contributed by atoms with Crippen molar-refractivity contribution in [3.8, 4) is 0 Å². The highest BCUT2D eigenvalue weighted by atomic mass is 16.2. The molecule has 1 aliphatic carbocycles. The highest BCUT2D eigenvalue weighted by Crippen LogP contribution is 2.25. The van der Waals surface area contributed by atoms with E-state index in [1.54, 1.807) is 0 Å².